The van der Waals surface area contributed by atoms with Gasteiger partial charge in [0.2, 0.25) is 0 Å². The van der Waals surface area contributed by atoms with Crippen molar-refractivity contribution in [2.75, 3.05) is 0 Å². The van der Waals surface area contributed by atoms with Crippen LogP contribution in [0.3, 0.4) is 0 Å². The van der Waals surface area contributed by atoms with E-state index in [9.17, 15) is 4.79 Å². The molecule has 0 bridgehead atoms. The van der Waals surface area contributed by atoms with Crippen LogP contribution < -0.4 is 4.74 Å². The van der Waals surface area contributed by atoms with Gasteiger partial charge in [0.15, 0.2) is 0 Å². The van der Waals surface area contributed by atoms with Gasteiger partial charge in [0.1, 0.15) is 18.0 Å². The Kier molecular flexibility index (Phi) is 2.50. The Balaban J connectivity index is 2.23. The Bertz CT molecular complexity index is 423. The second kappa shape index (κ2) is 3.70. The van der Waals surface area contributed by atoms with Gasteiger partial charge in [-0.1, -0.05) is 18.2 Å². The van der Waals surface area contributed by atoms with Crippen molar-refractivity contribution >= 4 is 6.16 Å². The maximum Gasteiger partial charge on any atom is 0.506 e. The summed E-state index contributed by atoms with van der Waals surface area (Å²) < 4.78 is 10.3. The van der Waals surface area contributed by atoms with E-state index in [1.165, 1.54) is 0 Å². The molecule has 4 nitrogen and oxygen atoms in total. The van der Waals surface area contributed by atoms with Crippen LogP contribution in [0.4, 0.5) is 4.79 Å². The van der Waals surface area contributed by atoms with E-state index in [1.54, 1.807) is 0 Å². The van der Waals surface area contributed by atoms with Crippen molar-refractivity contribution in [3.63, 3.8) is 0 Å². The fourth-order valence-corrected chi connectivity index (χ4v) is 1.93. The van der Waals surface area contributed by atoms with Crippen LogP contribution in [0, 0.1) is 0 Å². The van der Waals surface area contributed by atoms with Crippen molar-refractivity contribution in [1.82, 2.24) is 0 Å². The van der Waals surface area contributed by atoms with Gasteiger partial charge in [0.05, 0.1) is 0 Å². The summed E-state index contributed by atoms with van der Waals surface area (Å²) in [5.74, 6) is 0.772. The summed E-state index contributed by atoms with van der Waals surface area (Å²) in [5.41, 5.74) is 1.67. The fraction of sp³-hybridized carbons (Fsp3) is 0.417. The second-order valence-corrected chi connectivity index (χ2v) is 4.50. The number of carboxylic acid groups (broad SMARTS) is 1. The van der Waals surface area contributed by atoms with Crippen molar-refractivity contribution in [2.45, 2.75) is 32.5 Å². The SMILES string of the molecule is CC1(C)Cc2cccc(COC(=O)O)c2O1. The quantitative estimate of drug-likeness (QED) is 0.781. The first kappa shape index (κ1) is 10.8. The Morgan fingerprint density at radius 3 is 3.00 bits per heavy atom. The van der Waals surface area contributed by atoms with Crippen LogP contribution >= 0.6 is 0 Å². The highest BCUT2D eigenvalue weighted by molar-refractivity contribution is 5.57. The van der Waals surface area contributed by atoms with Crippen molar-refractivity contribution in [2.24, 2.45) is 0 Å². The molecule has 0 amide bonds. The van der Waals surface area contributed by atoms with E-state index in [2.05, 4.69) is 4.74 Å². The number of para-hydroxylation sites is 1. The fourth-order valence-electron chi connectivity index (χ4n) is 1.93. The molecule has 1 aromatic carbocycles. The van der Waals surface area contributed by atoms with Crippen LogP contribution in [0.2, 0.25) is 0 Å². The molecule has 86 valence electrons. The van der Waals surface area contributed by atoms with E-state index in [0.29, 0.717) is 0 Å². The third-order valence-electron chi connectivity index (χ3n) is 2.52. The molecule has 1 N–H and O–H groups in total. The maximum absolute atomic E-state index is 10.3. The van der Waals surface area contributed by atoms with Crippen LogP contribution in [0.1, 0.15) is 25.0 Å². The molecule has 0 aliphatic carbocycles. The molecule has 16 heavy (non-hydrogen) atoms. The summed E-state index contributed by atoms with van der Waals surface area (Å²) >= 11 is 0. The molecule has 1 aliphatic rings. The number of hydrogen-bond acceptors (Lipinski definition) is 3. The highest BCUT2D eigenvalue weighted by Crippen LogP contribution is 2.37. The third kappa shape index (κ3) is 2.10. The smallest absolute Gasteiger partial charge is 0.487 e. The van der Waals surface area contributed by atoms with Crippen LogP contribution in [0.15, 0.2) is 18.2 Å². The zero-order chi connectivity index (χ0) is 11.8. The molecule has 0 fully saturated rings. The molecular formula is C12H14O4. The first-order chi connectivity index (χ1) is 7.48. The molecule has 0 saturated heterocycles. The largest absolute Gasteiger partial charge is 0.506 e. The molecule has 0 saturated carbocycles. The number of fused-ring (bicyclic) bond motifs is 1. The lowest BCUT2D eigenvalue weighted by Gasteiger charge is -2.18. The van der Waals surface area contributed by atoms with E-state index in [1.807, 2.05) is 32.0 Å². The zero-order valence-corrected chi connectivity index (χ0v) is 9.32. The molecule has 0 aromatic heterocycles. The Hall–Kier alpha value is -1.71. The lowest BCUT2D eigenvalue weighted by atomic mass is 10.0. The molecule has 1 aliphatic heterocycles. The molecule has 0 radical (unpaired) electrons. The molecule has 0 spiro atoms. The summed E-state index contributed by atoms with van der Waals surface area (Å²) in [6.45, 7) is 4.05. The van der Waals surface area contributed by atoms with E-state index in [4.69, 9.17) is 9.84 Å². The van der Waals surface area contributed by atoms with Crippen molar-refractivity contribution < 1.29 is 19.4 Å². The first-order valence-corrected chi connectivity index (χ1v) is 5.13. The van der Waals surface area contributed by atoms with Gasteiger partial charge < -0.3 is 14.6 Å². The van der Waals surface area contributed by atoms with Gasteiger partial charge >= 0.3 is 6.16 Å². The minimum atomic E-state index is -1.27. The van der Waals surface area contributed by atoms with Crippen LogP contribution in [-0.2, 0) is 17.8 Å². The van der Waals surface area contributed by atoms with Crippen molar-refractivity contribution in [1.29, 1.82) is 0 Å². The molecule has 4 heteroatoms. The predicted octanol–water partition coefficient (Wildman–Crippen LogP) is 2.59. The normalized spacial score (nSPS) is 16.4. The number of benzene rings is 1. The molecule has 0 atom stereocenters. The maximum atomic E-state index is 10.3. The zero-order valence-electron chi connectivity index (χ0n) is 9.32. The van der Waals surface area contributed by atoms with Crippen LogP contribution in [0.5, 0.6) is 5.75 Å². The summed E-state index contributed by atoms with van der Waals surface area (Å²) in [6, 6.07) is 5.71. The highest BCUT2D eigenvalue weighted by Gasteiger charge is 2.31. The molecule has 1 aromatic rings. The highest BCUT2D eigenvalue weighted by atomic mass is 16.7. The van der Waals surface area contributed by atoms with Gasteiger partial charge in [-0.15, -0.1) is 0 Å². The van der Waals surface area contributed by atoms with E-state index in [0.717, 1.165) is 23.3 Å². The minimum absolute atomic E-state index is 0.0363. The Labute approximate surface area is 93.8 Å². The summed E-state index contributed by atoms with van der Waals surface area (Å²) in [7, 11) is 0. The van der Waals surface area contributed by atoms with Gasteiger partial charge in [-0.05, 0) is 19.4 Å². The monoisotopic (exact) mass is 222 g/mol. The Morgan fingerprint density at radius 2 is 2.31 bits per heavy atom. The molecular weight excluding hydrogens is 208 g/mol. The predicted molar refractivity (Wildman–Crippen MR) is 57.7 cm³/mol. The average molecular weight is 222 g/mol. The van der Waals surface area contributed by atoms with E-state index >= 15 is 0 Å². The topological polar surface area (TPSA) is 55.8 Å². The van der Waals surface area contributed by atoms with Crippen LogP contribution in [0.25, 0.3) is 0 Å². The summed E-state index contributed by atoms with van der Waals surface area (Å²) in [4.78, 5) is 10.3. The van der Waals surface area contributed by atoms with Gasteiger partial charge in [0.25, 0.3) is 0 Å². The summed E-state index contributed by atoms with van der Waals surface area (Å²) in [5, 5.41) is 8.46. The Morgan fingerprint density at radius 1 is 1.56 bits per heavy atom. The van der Waals surface area contributed by atoms with Gasteiger partial charge in [-0.25, -0.2) is 4.79 Å². The third-order valence-corrected chi connectivity index (χ3v) is 2.52. The summed E-state index contributed by atoms with van der Waals surface area (Å²) in [6.07, 6.45) is -0.432. The van der Waals surface area contributed by atoms with E-state index in [-0.39, 0.29) is 12.2 Å². The average Bonchev–Trinajstić information content (AvgIpc) is 2.48. The number of carbonyl (C=O) groups is 1. The van der Waals surface area contributed by atoms with E-state index < -0.39 is 6.16 Å². The standard InChI is InChI=1S/C12H14O4/c1-12(2)6-8-4-3-5-9(10(8)16-12)7-15-11(13)14/h3-5H,6-7H2,1-2H3,(H,13,14). The minimum Gasteiger partial charge on any atom is -0.487 e. The van der Waals surface area contributed by atoms with Crippen LogP contribution in [-0.4, -0.2) is 16.9 Å². The van der Waals surface area contributed by atoms with Crippen molar-refractivity contribution in [3.05, 3.63) is 29.3 Å². The van der Waals surface area contributed by atoms with Gasteiger partial charge in [-0.3, -0.25) is 0 Å². The lowest BCUT2D eigenvalue weighted by molar-refractivity contribution is 0.0828. The van der Waals surface area contributed by atoms with Gasteiger partial charge in [0, 0.05) is 12.0 Å². The molecule has 1 heterocycles. The number of hydrogen-bond donors (Lipinski definition) is 1. The van der Waals surface area contributed by atoms with Gasteiger partial charge in [-0.2, -0.15) is 0 Å². The number of rotatable bonds is 2. The molecule has 0 unspecified atom stereocenters. The lowest BCUT2D eigenvalue weighted by Crippen LogP contribution is -2.24. The van der Waals surface area contributed by atoms with Crippen molar-refractivity contribution in [3.8, 4) is 5.75 Å². The second-order valence-electron chi connectivity index (χ2n) is 4.50. The number of ether oxygens (including phenoxy) is 2. The first-order valence-electron chi connectivity index (χ1n) is 5.13. The molecule has 2 rings (SSSR count).